The lowest BCUT2D eigenvalue weighted by atomic mass is 9.78. The van der Waals surface area contributed by atoms with Gasteiger partial charge in [0.05, 0.1) is 0 Å². The lowest BCUT2D eigenvalue weighted by Gasteiger charge is -2.36. The first-order chi connectivity index (χ1) is 64.8. The van der Waals surface area contributed by atoms with Crippen molar-refractivity contribution in [3.8, 4) is 0 Å². The molecule has 788 valence electrons. The van der Waals surface area contributed by atoms with E-state index in [1.165, 1.54) is 21.5 Å². The van der Waals surface area contributed by atoms with Crippen molar-refractivity contribution in [2.75, 3.05) is 131 Å². The molecule has 0 amide bonds. The molecule has 138 heavy (non-hydrogen) atoms. The highest BCUT2D eigenvalue weighted by molar-refractivity contribution is 7.88. The van der Waals surface area contributed by atoms with Gasteiger partial charge in [-0.3, -0.25) is 24.0 Å². The van der Waals surface area contributed by atoms with Crippen LogP contribution in [0.15, 0.2) is 0 Å². The zero-order valence-corrected chi connectivity index (χ0v) is 82.8. The summed E-state index contributed by atoms with van der Waals surface area (Å²) in [5, 5.41) is 155. The van der Waals surface area contributed by atoms with Gasteiger partial charge in [0, 0.05) is 182 Å². The monoisotopic (exact) mass is 2060 g/mol. The van der Waals surface area contributed by atoms with Gasteiger partial charge in [0.1, 0.15) is 27.7 Å². The second-order valence-electron chi connectivity index (χ2n) is 40.9. The highest BCUT2D eigenvalue weighted by Gasteiger charge is 2.62. The number of hydrogen-bond donors (Lipinski definition) is 25. The van der Waals surface area contributed by atoms with Crippen LogP contribution in [0.4, 0.5) is 0 Å². The van der Waals surface area contributed by atoms with Crippen molar-refractivity contribution in [2.24, 2.45) is 58.3 Å². The Hall–Kier alpha value is -3.78. The summed E-state index contributed by atoms with van der Waals surface area (Å²) in [5.41, 5.74) is 22.4. The van der Waals surface area contributed by atoms with Crippen molar-refractivity contribution < 1.29 is 142 Å². The first kappa shape index (κ1) is 115. The van der Waals surface area contributed by atoms with Crippen LogP contribution in [0, 0.1) is 29.6 Å². The molecular formula is C78H151B5N20O30S5. The van der Waals surface area contributed by atoms with Crippen LogP contribution in [-0.4, -0.2) is 445 Å². The molecule has 14 atom stereocenters. The minimum atomic E-state index is -3.83. The van der Waals surface area contributed by atoms with Crippen LogP contribution in [0.1, 0.15) is 180 Å². The number of carboxylic acid groups (broad SMARTS) is 5. The first-order valence-electron chi connectivity index (χ1n) is 49.2. The van der Waals surface area contributed by atoms with Crippen molar-refractivity contribution >= 4 is 116 Å². The average molecular weight is 2060 g/mol. The van der Waals surface area contributed by atoms with E-state index in [0.29, 0.717) is 90.4 Å². The van der Waals surface area contributed by atoms with E-state index in [1.54, 1.807) is 21.5 Å². The summed E-state index contributed by atoms with van der Waals surface area (Å²) in [5.74, 6) is -9.02. The number of nitrogens with two attached hydrogens (primary N) is 5. The molecule has 0 aromatic rings. The first-order valence-corrected chi connectivity index (χ1v) is 56.2. The van der Waals surface area contributed by atoms with Gasteiger partial charge in [0.2, 0.25) is 0 Å². The molecule has 30 N–H and O–H groups in total. The molecule has 10 aliphatic heterocycles. The molecule has 0 aromatic carbocycles. The predicted octanol–water partition coefficient (Wildman–Crippen LogP) is -8.71. The Morgan fingerprint density at radius 1 is 0.261 bits per heavy atom. The van der Waals surface area contributed by atoms with Crippen molar-refractivity contribution in [3.63, 3.8) is 0 Å². The smallest absolute Gasteiger partial charge is 0.451 e. The van der Waals surface area contributed by atoms with Crippen LogP contribution in [0.3, 0.4) is 0 Å². The van der Waals surface area contributed by atoms with Gasteiger partial charge in [-0.15, -0.1) is 0 Å². The predicted molar refractivity (Wildman–Crippen MR) is 508 cm³/mol. The number of carbonyl (C=O) groups is 5. The highest BCUT2D eigenvalue weighted by atomic mass is 32.2. The Morgan fingerprint density at radius 2 is 0.428 bits per heavy atom. The topological polar surface area (TPSA) is 782 Å². The van der Waals surface area contributed by atoms with Crippen LogP contribution in [0.5, 0.6) is 0 Å². The second-order valence-corrected chi connectivity index (χ2v) is 50.0. The average Bonchev–Trinajstić information content (AvgIpc) is 1.56. The van der Waals surface area contributed by atoms with E-state index in [1.807, 2.05) is 0 Å². The van der Waals surface area contributed by atoms with Gasteiger partial charge in [-0.25, -0.2) is 0 Å². The minimum absolute atomic E-state index is 0.00584. The van der Waals surface area contributed by atoms with Gasteiger partial charge in [-0.05, 0) is 219 Å². The molecule has 1 unspecified atom stereocenters. The van der Waals surface area contributed by atoms with E-state index in [4.69, 9.17) is 78.9 Å². The molecule has 10 saturated heterocycles. The number of nitrogens with zero attached hydrogens (tertiary/aromatic N) is 10. The van der Waals surface area contributed by atoms with Gasteiger partial charge in [0.25, 0.3) is 51.0 Å². The fourth-order valence-electron chi connectivity index (χ4n) is 21.6. The van der Waals surface area contributed by atoms with E-state index < -0.39 is 174 Å². The van der Waals surface area contributed by atoms with Gasteiger partial charge in [0.15, 0.2) is 0 Å². The summed E-state index contributed by atoms with van der Waals surface area (Å²) in [6, 6.07) is -0.593. The van der Waals surface area contributed by atoms with Gasteiger partial charge in [-0.1, -0.05) is 32.1 Å². The van der Waals surface area contributed by atoms with Crippen molar-refractivity contribution in [1.82, 2.24) is 69.6 Å². The van der Waals surface area contributed by atoms with Crippen LogP contribution < -0.4 is 55.3 Å². The summed E-state index contributed by atoms with van der Waals surface area (Å²) in [6.07, 6.45) is 18.6. The van der Waals surface area contributed by atoms with Crippen molar-refractivity contribution in [1.29, 1.82) is 0 Å². The number of piperidine rings is 3. The Morgan fingerprint density at radius 3 is 0.587 bits per heavy atom. The lowest BCUT2D eigenvalue weighted by molar-refractivity contribution is -0.145. The van der Waals surface area contributed by atoms with Gasteiger partial charge >= 0.3 is 65.4 Å². The van der Waals surface area contributed by atoms with E-state index >= 15 is 0 Å². The molecular weight excluding hydrogens is 1910 g/mol. The highest BCUT2D eigenvalue weighted by Crippen LogP contribution is 2.46. The van der Waals surface area contributed by atoms with Crippen molar-refractivity contribution in [3.05, 3.63) is 0 Å². The maximum Gasteiger partial charge on any atom is 0.451 e. The lowest BCUT2D eigenvalue weighted by Crippen LogP contribution is -2.57. The normalized spacial score (nSPS) is 31.7. The molecule has 15 aliphatic rings. The van der Waals surface area contributed by atoms with E-state index in [2.05, 4.69) is 26.6 Å². The Bertz CT molecular complexity index is 4250. The van der Waals surface area contributed by atoms with Gasteiger partial charge in [-0.2, -0.15) is 85.1 Å². The minimum Gasteiger partial charge on any atom is -0.480 e. The fraction of sp³-hybridized carbons (Fsp3) is 0.936. The quantitative estimate of drug-likeness (QED) is 0.0252. The summed E-state index contributed by atoms with van der Waals surface area (Å²) in [4.78, 5) is 59.2. The fourth-order valence-corrected chi connectivity index (χ4v) is 32.4. The number of rotatable bonds is 45. The maximum absolute atomic E-state index is 13.5. The molecule has 50 nitrogen and oxygen atoms in total. The second kappa shape index (κ2) is 48.5. The van der Waals surface area contributed by atoms with Crippen LogP contribution in [0.25, 0.3) is 0 Å². The Balaban J connectivity index is 0.000000165. The van der Waals surface area contributed by atoms with E-state index in [-0.39, 0.29) is 157 Å². The molecule has 60 heteroatoms. The number of aliphatic carboxylic acids is 5. The summed E-state index contributed by atoms with van der Waals surface area (Å²) < 4.78 is 148. The maximum atomic E-state index is 13.5. The van der Waals surface area contributed by atoms with Crippen LogP contribution >= 0.6 is 0 Å². The largest absolute Gasteiger partial charge is 0.480 e. The number of nitrogens with one attached hydrogen (secondary N) is 5. The molecule has 0 radical (unpaired) electrons. The third-order valence-corrected chi connectivity index (χ3v) is 40.5. The summed E-state index contributed by atoms with van der Waals surface area (Å²) in [6.45, 7) is 6.13. The summed E-state index contributed by atoms with van der Waals surface area (Å²) >= 11 is 0. The Kier molecular flexibility index (Phi) is 40.2. The van der Waals surface area contributed by atoms with Crippen LogP contribution in [-0.2, 0) is 75.0 Å². The van der Waals surface area contributed by atoms with Crippen molar-refractivity contribution in [2.45, 2.75) is 299 Å². The van der Waals surface area contributed by atoms with E-state index in [9.17, 15) is 91.6 Å². The molecule has 5 aliphatic carbocycles. The molecule has 15 rings (SSSR count). The molecule has 15 fully saturated rings. The van der Waals surface area contributed by atoms with Crippen LogP contribution in [0.2, 0.25) is 31.6 Å². The Labute approximate surface area is 811 Å². The molecule has 0 spiro atoms. The summed E-state index contributed by atoms with van der Waals surface area (Å²) in [7, 11) is -26.5. The number of hydrogen-bond acceptors (Lipinski definition) is 35. The molecule has 0 bridgehead atoms. The zero-order valence-electron chi connectivity index (χ0n) is 78.8. The SMILES string of the molecule is N[C@@]1(C(=O)O)CN(S(=O)(=O)N(C2CC2)C2CCCNC2)C[C@@H]1CCCB(O)O.N[C@@]1(C(=O)O)CN(S(=O)(=O)N(C2CC2)[C@@H]2CCCNC2)C[C@@H]1CCCB(O)O.N[C@@]1(C(=O)O)CN(S(=O)(=O)N(C2CC2)[C@@H]2CCNC2)C[C@@H]1CCCB(O)O.N[C@@]1(C(=O)O)CN(S(=O)(=O)N(C2CC2)[C@H]2CCNC2)C[C@@H]1CCCB(O)O.N[C@@]1(C(=O)O)CN(S(=O)(=O)N(C2CCNCC2)C2CC2)C[C@@H]1CCCB(O)O. The molecule has 10 heterocycles. The molecule has 0 aromatic heterocycles. The third-order valence-electron chi connectivity index (χ3n) is 30.2. The third kappa shape index (κ3) is 28.2. The molecule has 5 saturated carbocycles. The number of carboxylic acids is 5. The van der Waals surface area contributed by atoms with Gasteiger partial charge < -0.3 is 131 Å². The van der Waals surface area contributed by atoms with E-state index in [0.717, 1.165) is 155 Å². The standard InChI is InChI=1S/3C16H31BN4O6S.2C15H29BN4O6S/c2*18-16(15(22)23)11-20(10-12(16)3-1-7-17(24)25)28(26,27)21(13-5-6-13)14-4-2-8-19-9-14;18-16(15(22)23)11-20(10-12(16)2-1-7-17(24)25)28(26,27)21(13-3-4-13)14-5-8-19-9-6-14;2*17-15(14(21)22)10-19(9-11(15)2-1-6-16(23)24)27(25,26)20(12-3-4-12)13-5-7-18-8-13/h3*12-14,19,24-25H,1-11,18H2,(H,22,23);2*11-13,18,23-24H,1-10,17H2,(H,21,22)/t12-,14?,16-;12-,14+,16-;12-,16-;11-,13+,15-;11-,13-,15-/m00000/s1. The zero-order chi connectivity index (χ0) is 101.